The van der Waals surface area contributed by atoms with Gasteiger partial charge in [0.05, 0.1) is 12.0 Å². The molecule has 0 aromatic rings. The molecule has 0 radical (unpaired) electrons. The third-order valence-electron chi connectivity index (χ3n) is 4.29. The maximum absolute atomic E-state index is 11.8. The molecular weight excluding hydrogens is 301 g/mol. The SMILES string of the molecule is CCCCCCCCCCCC(=O)NC(C(=O)[O-])C(C)CC.[Na+]. The minimum Gasteiger partial charge on any atom is -0.548 e. The zero-order chi connectivity index (χ0) is 16.8. The van der Waals surface area contributed by atoms with Crippen LogP contribution in [0.25, 0.3) is 0 Å². The molecule has 4 nitrogen and oxygen atoms in total. The van der Waals surface area contributed by atoms with Crippen molar-refractivity contribution < 1.29 is 44.3 Å². The molecule has 130 valence electrons. The molecule has 0 aliphatic heterocycles. The van der Waals surface area contributed by atoms with Gasteiger partial charge in [-0.15, -0.1) is 0 Å². The number of hydrogen-bond donors (Lipinski definition) is 1. The molecule has 2 unspecified atom stereocenters. The Morgan fingerprint density at radius 1 is 0.913 bits per heavy atom. The fourth-order valence-electron chi connectivity index (χ4n) is 2.51. The second-order valence-electron chi connectivity index (χ2n) is 6.33. The molecule has 0 aromatic heterocycles. The summed E-state index contributed by atoms with van der Waals surface area (Å²) >= 11 is 0. The van der Waals surface area contributed by atoms with Gasteiger partial charge in [-0.05, 0) is 12.3 Å². The molecule has 0 heterocycles. The van der Waals surface area contributed by atoms with E-state index in [2.05, 4.69) is 12.2 Å². The molecule has 0 saturated heterocycles. The summed E-state index contributed by atoms with van der Waals surface area (Å²) < 4.78 is 0. The Labute approximate surface area is 164 Å². The first-order valence-electron chi connectivity index (χ1n) is 9.03. The van der Waals surface area contributed by atoms with Crippen LogP contribution in [0.2, 0.25) is 0 Å². The Bertz CT molecular complexity index is 311. The van der Waals surface area contributed by atoms with Gasteiger partial charge in [-0.25, -0.2) is 0 Å². The number of unbranched alkanes of at least 4 members (excludes halogenated alkanes) is 8. The normalized spacial score (nSPS) is 13.0. The van der Waals surface area contributed by atoms with Crippen LogP contribution in [0.4, 0.5) is 0 Å². The summed E-state index contributed by atoms with van der Waals surface area (Å²) in [4.78, 5) is 22.8. The monoisotopic (exact) mass is 335 g/mol. The number of amides is 1. The second kappa shape index (κ2) is 16.8. The van der Waals surface area contributed by atoms with Gasteiger partial charge in [0.25, 0.3) is 0 Å². The number of carboxylic acids is 1. The van der Waals surface area contributed by atoms with Crippen molar-refractivity contribution in [3.05, 3.63) is 0 Å². The topological polar surface area (TPSA) is 69.2 Å². The van der Waals surface area contributed by atoms with Crippen LogP contribution in [-0.4, -0.2) is 17.9 Å². The van der Waals surface area contributed by atoms with Crippen molar-refractivity contribution in [2.24, 2.45) is 5.92 Å². The van der Waals surface area contributed by atoms with Gasteiger partial charge in [-0.2, -0.15) is 0 Å². The average molecular weight is 335 g/mol. The number of carbonyl (C=O) groups excluding carboxylic acids is 2. The van der Waals surface area contributed by atoms with E-state index in [1.54, 1.807) is 0 Å². The van der Waals surface area contributed by atoms with E-state index in [4.69, 9.17) is 0 Å². The maximum atomic E-state index is 11.8. The van der Waals surface area contributed by atoms with E-state index in [1.807, 2.05) is 13.8 Å². The van der Waals surface area contributed by atoms with Crippen molar-refractivity contribution >= 4 is 11.9 Å². The van der Waals surface area contributed by atoms with Gasteiger partial charge in [-0.3, -0.25) is 4.79 Å². The molecule has 1 amide bonds. The van der Waals surface area contributed by atoms with Crippen molar-refractivity contribution in [2.75, 3.05) is 0 Å². The molecule has 0 spiro atoms. The number of carbonyl (C=O) groups is 2. The van der Waals surface area contributed by atoms with Crippen molar-refractivity contribution in [3.63, 3.8) is 0 Å². The van der Waals surface area contributed by atoms with Crippen LogP contribution in [-0.2, 0) is 9.59 Å². The zero-order valence-electron chi connectivity index (χ0n) is 15.7. The summed E-state index contributed by atoms with van der Waals surface area (Å²) in [5, 5.41) is 13.6. The molecular formula is C18H34NNaO3. The van der Waals surface area contributed by atoms with E-state index >= 15 is 0 Å². The first-order valence-corrected chi connectivity index (χ1v) is 9.03. The predicted molar refractivity (Wildman–Crippen MR) is 88.2 cm³/mol. The first-order chi connectivity index (χ1) is 10.5. The van der Waals surface area contributed by atoms with Crippen molar-refractivity contribution in [2.45, 2.75) is 97.4 Å². The standard InChI is InChI=1S/C18H35NO3.Na/c1-4-6-7-8-9-10-11-12-13-14-16(20)19-17(18(21)22)15(3)5-2;/h15,17H,4-14H2,1-3H3,(H,19,20)(H,21,22);/q;+1/p-1. The molecule has 0 aliphatic rings. The van der Waals surface area contributed by atoms with Gasteiger partial charge < -0.3 is 15.2 Å². The Morgan fingerprint density at radius 2 is 1.39 bits per heavy atom. The molecule has 0 aromatic carbocycles. The van der Waals surface area contributed by atoms with E-state index in [9.17, 15) is 14.7 Å². The quantitative estimate of drug-likeness (QED) is 0.364. The van der Waals surface area contributed by atoms with Gasteiger partial charge in [0, 0.05) is 6.42 Å². The third kappa shape index (κ3) is 14.0. The second-order valence-corrected chi connectivity index (χ2v) is 6.33. The van der Waals surface area contributed by atoms with E-state index in [0.29, 0.717) is 12.8 Å². The summed E-state index contributed by atoms with van der Waals surface area (Å²) in [6, 6.07) is -0.865. The van der Waals surface area contributed by atoms with Gasteiger partial charge in [0.15, 0.2) is 0 Å². The van der Waals surface area contributed by atoms with E-state index in [-0.39, 0.29) is 41.4 Å². The van der Waals surface area contributed by atoms with Crippen molar-refractivity contribution in [3.8, 4) is 0 Å². The Kier molecular flexibility index (Phi) is 18.4. The largest absolute Gasteiger partial charge is 1.00 e. The molecule has 0 aliphatic carbocycles. The molecule has 1 N–H and O–H groups in total. The van der Waals surface area contributed by atoms with Crippen molar-refractivity contribution in [1.29, 1.82) is 0 Å². The van der Waals surface area contributed by atoms with Crippen LogP contribution >= 0.6 is 0 Å². The summed E-state index contributed by atoms with van der Waals surface area (Å²) in [6.45, 7) is 5.95. The minimum absolute atomic E-state index is 0. The first kappa shape index (κ1) is 25.2. The molecule has 2 atom stereocenters. The average Bonchev–Trinajstić information content (AvgIpc) is 2.50. The molecule has 0 fully saturated rings. The summed E-state index contributed by atoms with van der Waals surface area (Å²) in [5.74, 6) is -1.45. The number of hydrogen-bond acceptors (Lipinski definition) is 3. The maximum Gasteiger partial charge on any atom is 1.00 e. The fraction of sp³-hybridized carbons (Fsp3) is 0.889. The van der Waals surface area contributed by atoms with Gasteiger partial charge in [0.2, 0.25) is 5.91 Å². The third-order valence-corrected chi connectivity index (χ3v) is 4.29. The zero-order valence-corrected chi connectivity index (χ0v) is 17.7. The minimum atomic E-state index is -1.19. The fourth-order valence-corrected chi connectivity index (χ4v) is 2.51. The van der Waals surface area contributed by atoms with Crippen LogP contribution in [0, 0.1) is 5.92 Å². The van der Waals surface area contributed by atoms with Crippen LogP contribution in [0.3, 0.4) is 0 Å². The molecule has 23 heavy (non-hydrogen) atoms. The number of carboxylic acid groups (broad SMARTS) is 1. The van der Waals surface area contributed by atoms with Gasteiger partial charge in [0.1, 0.15) is 0 Å². The Balaban J connectivity index is 0. The van der Waals surface area contributed by atoms with Crippen LogP contribution in [0.1, 0.15) is 91.4 Å². The van der Waals surface area contributed by atoms with Crippen molar-refractivity contribution in [1.82, 2.24) is 5.32 Å². The Morgan fingerprint density at radius 3 is 1.83 bits per heavy atom. The van der Waals surface area contributed by atoms with E-state index < -0.39 is 12.0 Å². The molecule has 5 heteroatoms. The number of aliphatic carboxylic acids is 1. The molecule has 0 saturated carbocycles. The number of nitrogens with one attached hydrogen (secondary N) is 1. The van der Waals surface area contributed by atoms with Crippen LogP contribution < -0.4 is 40.0 Å². The molecule has 0 bridgehead atoms. The summed E-state index contributed by atoms with van der Waals surface area (Å²) in [5.41, 5.74) is 0. The van der Waals surface area contributed by atoms with E-state index in [0.717, 1.165) is 19.3 Å². The van der Waals surface area contributed by atoms with Gasteiger partial charge >= 0.3 is 29.6 Å². The van der Waals surface area contributed by atoms with Gasteiger partial charge in [-0.1, -0.05) is 78.6 Å². The van der Waals surface area contributed by atoms with Crippen LogP contribution in [0.5, 0.6) is 0 Å². The summed E-state index contributed by atoms with van der Waals surface area (Å²) in [7, 11) is 0. The molecule has 0 rings (SSSR count). The Hall–Kier alpha value is -0.0600. The van der Waals surface area contributed by atoms with Crippen LogP contribution in [0.15, 0.2) is 0 Å². The predicted octanol–water partition coefficient (Wildman–Crippen LogP) is 0.192. The number of rotatable bonds is 14. The summed E-state index contributed by atoms with van der Waals surface area (Å²) in [6.07, 6.45) is 11.9. The smallest absolute Gasteiger partial charge is 0.548 e. The van der Waals surface area contributed by atoms with E-state index in [1.165, 1.54) is 38.5 Å².